The third-order valence-corrected chi connectivity index (χ3v) is 5.19. The van der Waals surface area contributed by atoms with Crippen LogP contribution in [0.5, 0.6) is 0 Å². The molecule has 1 aromatic heterocycles. The van der Waals surface area contributed by atoms with Gasteiger partial charge in [0.2, 0.25) is 0 Å². The minimum absolute atomic E-state index is 0.241. The van der Waals surface area contributed by atoms with Crippen LogP contribution in [0.4, 0.5) is 0 Å². The number of benzene rings is 1. The number of hydrogen-bond donors (Lipinski definition) is 1. The van der Waals surface area contributed by atoms with Crippen LogP contribution in [0.25, 0.3) is 0 Å². The molecule has 1 nitrogen and oxygen atoms in total. The van der Waals surface area contributed by atoms with E-state index in [1.165, 1.54) is 14.9 Å². The van der Waals surface area contributed by atoms with E-state index in [4.69, 9.17) is 0 Å². The van der Waals surface area contributed by atoms with Crippen molar-refractivity contribution < 1.29 is 0 Å². The molecule has 1 N–H and O–H groups in total. The maximum absolute atomic E-state index is 3.63. The Kier molecular flexibility index (Phi) is 4.79. The lowest BCUT2D eigenvalue weighted by molar-refractivity contribution is 0.636. The third kappa shape index (κ3) is 2.99. The number of nitrogens with one attached hydrogen (secondary N) is 1. The van der Waals surface area contributed by atoms with Crippen LogP contribution in [-0.2, 0) is 0 Å². The van der Waals surface area contributed by atoms with E-state index in [0.717, 1.165) is 11.0 Å². The Morgan fingerprint density at radius 1 is 1.18 bits per heavy atom. The van der Waals surface area contributed by atoms with Crippen molar-refractivity contribution in [1.82, 2.24) is 5.32 Å². The molecule has 2 aromatic rings. The molecule has 0 radical (unpaired) electrons. The minimum Gasteiger partial charge on any atom is -0.306 e. The molecule has 4 heteroatoms. The summed E-state index contributed by atoms with van der Waals surface area (Å²) in [5.74, 6) is 0. The van der Waals surface area contributed by atoms with Gasteiger partial charge < -0.3 is 5.32 Å². The van der Waals surface area contributed by atoms with Gasteiger partial charge in [-0.1, -0.05) is 41.1 Å². The average Bonchev–Trinajstić information content (AvgIpc) is 2.74. The molecule has 0 saturated heterocycles. The summed E-state index contributed by atoms with van der Waals surface area (Å²) in [4.78, 5) is 1.32. The lowest BCUT2D eigenvalue weighted by Crippen LogP contribution is -2.21. The van der Waals surface area contributed by atoms with Crippen LogP contribution >= 0.6 is 43.2 Å². The summed E-state index contributed by atoms with van der Waals surface area (Å²) >= 11 is 9.01. The van der Waals surface area contributed by atoms with E-state index in [9.17, 15) is 0 Å². The molecule has 1 aromatic carbocycles. The van der Waals surface area contributed by atoms with Crippen LogP contribution in [0.15, 0.2) is 44.7 Å². The molecule has 0 aliphatic carbocycles. The Balaban J connectivity index is 2.43. The van der Waals surface area contributed by atoms with Gasteiger partial charge in [-0.05, 0) is 45.6 Å². The Labute approximate surface area is 123 Å². The first-order valence-corrected chi connectivity index (χ1v) is 7.91. The monoisotopic (exact) mass is 373 g/mol. The van der Waals surface area contributed by atoms with Crippen LogP contribution in [0.3, 0.4) is 0 Å². The van der Waals surface area contributed by atoms with E-state index in [1.807, 2.05) is 6.07 Å². The van der Waals surface area contributed by atoms with Crippen LogP contribution in [0, 0.1) is 0 Å². The molecule has 1 atom stereocenters. The van der Waals surface area contributed by atoms with Crippen molar-refractivity contribution in [3.05, 3.63) is 55.1 Å². The summed E-state index contributed by atoms with van der Waals surface area (Å²) in [6, 6.07) is 10.7. The van der Waals surface area contributed by atoms with Gasteiger partial charge >= 0.3 is 0 Å². The molecule has 17 heavy (non-hydrogen) atoms. The van der Waals surface area contributed by atoms with Crippen molar-refractivity contribution in [2.75, 3.05) is 6.54 Å². The smallest absolute Gasteiger partial charge is 0.0693 e. The SMILES string of the molecule is CCNC(c1ccccc1Br)c1sccc1Br. The number of thiophene rings is 1. The summed E-state index contributed by atoms with van der Waals surface area (Å²) in [6.45, 7) is 3.07. The van der Waals surface area contributed by atoms with E-state index >= 15 is 0 Å². The molecule has 1 heterocycles. The Bertz CT molecular complexity index is 496. The van der Waals surface area contributed by atoms with Gasteiger partial charge in [-0.15, -0.1) is 11.3 Å². The van der Waals surface area contributed by atoms with E-state index < -0.39 is 0 Å². The zero-order valence-electron chi connectivity index (χ0n) is 9.41. The second-order valence-electron chi connectivity index (χ2n) is 3.64. The molecule has 0 aliphatic rings. The molecule has 2 rings (SSSR count). The zero-order valence-corrected chi connectivity index (χ0v) is 13.4. The predicted octanol–water partition coefficient (Wildman–Crippen LogP) is 4.97. The molecule has 1 unspecified atom stereocenters. The third-order valence-electron chi connectivity index (χ3n) is 2.53. The Morgan fingerprint density at radius 3 is 2.53 bits per heavy atom. The summed E-state index contributed by atoms with van der Waals surface area (Å²) in [6.07, 6.45) is 0. The highest BCUT2D eigenvalue weighted by atomic mass is 79.9. The minimum atomic E-state index is 0.241. The molecule has 0 saturated carbocycles. The molecular weight excluding hydrogens is 362 g/mol. The molecular formula is C13H13Br2NS. The Hall–Kier alpha value is -0.160. The van der Waals surface area contributed by atoms with Crippen LogP contribution in [0.1, 0.15) is 23.4 Å². The number of rotatable bonds is 4. The van der Waals surface area contributed by atoms with Crippen molar-refractivity contribution in [2.45, 2.75) is 13.0 Å². The fourth-order valence-corrected chi connectivity index (χ4v) is 3.98. The van der Waals surface area contributed by atoms with Gasteiger partial charge in [-0.25, -0.2) is 0 Å². The summed E-state index contributed by atoms with van der Waals surface area (Å²) < 4.78 is 2.32. The van der Waals surface area contributed by atoms with Crippen molar-refractivity contribution in [2.24, 2.45) is 0 Å². The van der Waals surface area contributed by atoms with Crippen LogP contribution in [0.2, 0.25) is 0 Å². The van der Waals surface area contributed by atoms with Crippen molar-refractivity contribution in [3.8, 4) is 0 Å². The Morgan fingerprint density at radius 2 is 1.94 bits per heavy atom. The van der Waals surface area contributed by atoms with Gasteiger partial charge in [0.05, 0.1) is 6.04 Å². The second-order valence-corrected chi connectivity index (χ2v) is 6.30. The molecule has 0 bridgehead atoms. The highest BCUT2D eigenvalue weighted by Crippen LogP contribution is 2.35. The van der Waals surface area contributed by atoms with Gasteiger partial charge in [0, 0.05) is 13.8 Å². The first-order valence-electron chi connectivity index (χ1n) is 5.44. The lowest BCUT2D eigenvalue weighted by atomic mass is 10.1. The van der Waals surface area contributed by atoms with Gasteiger partial charge in [0.25, 0.3) is 0 Å². The standard InChI is InChI=1S/C13H13Br2NS/c1-2-16-12(13-11(15)7-8-17-13)9-5-3-4-6-10(9)14/h3-8,12,16H,2H2,1H3. The van der Waals surface area contributed by atoms with Crippen molar-refractivity contribution >= 4 is 43.2 Å². The molecule has 0 fully saturated rings. The van der Waals surface area contributed by atoms with Gasteiger partial charge in [0.15, 0.2) is 0 Å². The number of hydrogen-bond acceptors (Lipinski definition) is 2. The van der Waals surface area contributed by atoms with E-state index in [1.54, 1.807) is 11.3 Å². The molecule has 90 valence electrons. The maximum atomic E-state index is 3.63. The summed E-state index contributed by atoms with van der Waals surface area (Å²) in [7, 11) is 0. The maximum Gasteiger partial charge on any atom is 0.0693 e. The van der Waals surface area contributed by atoms with E-state index in [0.29, 0.717) is 0 Å². The normalized spacial score (nSPS) is 12.6. The van der Waals surface area contributed by atoms with Crippen molar-refractivity contribution in [3.63, 3.8) is 0 Å². The topological polar surface area (TPSA) is 12.0 Å². The molecule has 0 spiro atoms. The van der Waals surface area contributed by atoms with Gasteiger partial charge in [-0.2, -0.15) is 0 Å². The highest BCUT2D eigenvalue weighted by Gasteiger charge is 2.18. The first-order chi connectivity index (χ1) is 8.24. The second kappa shape index (κ2) is 6.14. The zero-order chi connectivity index (χ0) is 12.3. The van der Waals surface area contributed by atoms with E-state index in [-0.39, 0.29) is 6.04 Å². The molecule has 0 amide bonds. The van der Waals surface area contributed by atoms with Gasteiger partial charge in [0.1, 0.15) is 0 Å². The predicted molar refractivity (Wildman–Crippen MR) is 81.7 cm³/mol. The summed E-state index contributed by atoms with van der Waals surface area (Å²) in [5.41, 5.74) is 1.28. The van der Waals surface area contributed by atoms with Crippen molar-refractivity contribution in [1.29, 1.82) is 0 Å². The largest absolute Gasteiger partial charge is 0.306 e. The lowest BCUT2D eigenvalue weighted by Gasteiger charge is -2.19. The average molecular weight is 375 g/mol. The fraction of sp³-hybridized carbons (Fsp3) is 0.231. The first kappa shape index (κ1) is 13.3. The van der Waals surface area contributed by atoms with Crippen LogP contribution in [-0.4, -0.2) is 6.54 Å². The summed E-state index contributed by atoms with van der Waals surface area (Å²) in [5, 5.41) is 5.65. The fourth-order valence-electron chi connectivity index (χ4n) is 1.77. The van der Waals surface area contributed by atoms with Gasteiger partial charge in [-0.3, -0.25) is 0 Å². The quantitative estimate of drug-likeness (QED) is 0.796. The molecule has 0 aliphatic heterocycles. The highest BCUT2D eigenvalue weighted by molar-refractivity contribution is 9.10. The number of halogens is 2. The van der Waals surface area contributed by atoms with E-state index in [2.05, 4.69) is 73.7 Å². The van der Waals surface area contributed by atoms with Crippen LogP contribution < -0.4 is 5.32 Å².